The number of urea groups is 1. The van der Waals surface area contributed by atoms with E-state index in [1.54, 1.807) is 29.2 Å². The predicted octanol–water partition coefficient (Wildman–Crippen LogP) is 2.55. The Bertz CT molecular complexity index is 681. The average Bonchev–Trinajstić information content (AvgIpc) is 2.82. The Balaban J connectivity index is 1.67. The number of nitrogens with zero attached hydrogens (tertiary/aromatic N) is 2. The number of rotatable bonds is 4. The number of nitrogens with one attached hydrogen (secondary N) is 1. The second-order valence-corrected chi connectivity index (χ2v) is 7.10. The lowest BCUT2D eigenvalue weighted by Gasteiger charge is -2.37. The summed E-state index contributed by atoms with van der Waals surface area (Å²) >= 11 is 5.87. The van der Waals surface area contributed by atoms with Crippen LogP contribution in [0.4, 0.5) is 4.79 Å². The van der Waals surface area contributed by atoms with Gasteiger partial charge in [0.2, 0.25) is 5.91 Å². The lowest BCUT2D eigenvalue weighted by atomic mass is 9.87. The highest BCUT2D eigenvalue weighted by molar-refractivity contribution is 6.30. The number of carbonyl (C=O) groups excluding carboxylic acids is 3. The van der Waals surface area contributed by atoms with Crippen molar-refractivity contribution in [2.24, 2.45) is 0 Å². The lowest BCUT2D eigenvalue weighted by molar-refractivity contribution is -0.138. The van der Waals surface area contributed by atoms with E-state index in [0.29, 0.717) is 37.4 Å². The van der Waals surface area contributed by atoms with E-state index in [2.05, 4.69) is 5.32 Å². The standard InChI is InChI=1S/C18H22ClN3O3/c1-2-3-15(23)21-10-8-18(9-11-21)16(24)22(17(25)20-18)12-13-4-6-14(19)7-5-13/h4-7H,2-3,8-12H2,1H3,(H,20,25). The maximum Gasteiger partial charge on any atom is 0.325 e. The number of imide groups is 1. The van der Waals surface area contributed by atoms with Crippen molar-refractivity contribution in [3.8, 4) is 0 Å². The molecule has 1 aromatic rings. The number of benzene rings is 1. The summed E-state index contributed by atoms with van der Waals surface area (Å²) in [5.41, 5.74) is -0.0209. The van der Waals surface area contributed by atoms with Crippen molar-refractivity contribution in [1.82, 2.24) is 15.1 Å². The minimum atomic E-state index is -0.869. The zero-order valence-electron chi connectivity index (χ0n) is 14.3. The van der Waals surface area contributed by atoms with Crippen LogP contribution in [0, 0.1) is 0 Å². The molecule has 1 spiro atoms. The molecule has 2 fully saturated rings. The number of halogens is 1. The molecule has 0 saturated carbocycles. The third kappa shape index (κ3) is 3.49. The van der Waals surface area contributed by atoms with E-state index in [1.807, 2.05) is 6.92 Å². The first-order valence-corrected chi connectivity index (χ1v) is 8.99. The first-order chi connectivity index (χ1) is 11.9. The van der Waals surface area contributed by atoms with Crippen molar-refractivity contribution in [1.29, 1.82) is 0 Å². The number of carbonyl (C=O) groups is 3. The number of piperidine rings is 1. The molecule has 0 aliphatic carbocycles. The van der Waals surface area contributed by atoms with Crippen LogP contribution in [0.1, 0.15) is 38.2 Å². The second kappa shape index (κ2) is 7.04. The molecule has 6 nitrogen and oxygen atoms in total. The zero-order chi connectivity index (χ0) is 18.0. The van der Waals surface area contributed by atoms with E-state index in [0.717, 1.165) is 12.0 Å². The topological polar surface area (TPSA) is 69.7 Å². The maximum absolute atomic E-state index is 12.9. The summed E-state index contributed by atoms with van der Waals surface area (Å²) in [6, 6.07) is 6.72. The Kier molecular flexibility index (Phi) is 4.99. The van der Waals surface area contributed by atoms with Crippen LogP contribution in [-0.2, 0) is 16.1 Å². The van der Waals surface area contributed by atoms with Gasteiger partial charge in [-0.3, -0.25) is 14.5 Å². The first-order valence-electron chi connectivity index (χ1n) is 8.61. The molecule has 4 amide bonds. The van der Waals surface area contributed by atoms with Crippen LogP contribution < -0.4 is 5.32 Å². The number of hydrogen-bond donors (Lipinski definition) is 1. The molecular weight excluding hydrogens is 342 g/mol. The molecule has 2 aliphatic heterocycles. The van der Waals surface area contributed by atoms with Gasteiger partial charge in [0.1, 0.15) is 5.54 Å². The summed E-state index contributed by atoms with van der Waals surface area (Å²) in [6.45, 7) is 3.19. The molecule has 25 heavy (non-hydrogen) atoms. The van der Waals surface area contributed by atoms with Gasteiger partial charge < -0.3 is 10.2 Å². The van der Waals surface area contributed by atoms with Gasteiger partial charge >= 0.3 is 6.03 Å². The predicted molar refractivity (Wildman–Crippen MR) is 94.0 cm³/mol. The highest BCUT2D eigenvalue weighted by atomic mass is 35.5. The van der Waals surface area contributed by atoms with Gasteiger partial charge in [-0.1, -0.05) is 30.7 Å². The van der Waals surface area contributed by atoms with Crippen LogP contribution in [0.2, 0.25) is 5.02 Å². The molecule has 2 aliphatic rings. The average molecular weight is 364 g/mol. The van der Waals surface area contributed by atoms with Crippen LogP contribution in [0.3, 0.4) is 0 Å². The smallest absolute Gasteiger partial charge is 0.325 e. The van der Waals surface area contributed by atoms with Crippen LogP contribution in [-0.4, -0.2) is 46.3 Å². The third-order valence-electron chi connectivity index (χ3n) is 4.93. The van der Waals surface area contributed by atoms with Gasteiger partial charge in [0.05, 0.1) is 6.54 Å². The molecule has 1 aromatic carbocycles. The Morgan fingerprint density at radius 2 is 1.84 bits per heavy atom. The fourth-order valence-corrected chi connectivity index (χ4v) is 3.57. The van der Waals surface area contributed by atoms with Gasteiger partial charge in [-0.25, -0.2) is 4.79 Å². The minimum Gasteiger partial charge on any atom is -0.342 e. The summed E-state index contributed by atoms with van der Waals surface area (Å²) in [6.07, 6.45) is 2.26. The fraction of sp³-hybridized carbons (Fsp3) is 0.500. The van der Waals surface area contributed by atoms with E-state index in [1.165, 1.54) is 4.90 Å². The van der Waals surface area contributed by atoms with Crippen molar-refractivity contribution >= 4 is 29.4 Å². The van der Waals surface area contributed by atoms with Gasteiger partial charge in [0.25, 0.3) is 5.91 Å². The Hall–Kier alpha value is -2.08. The fourth-order valence-electron chi connectivity index (χ4n) is 3.44. The van der Waals surface area contributed by atoms with E-state index < -0.39 is 5.54 Å². The van der Waals surface area contributed by atoms with Crippen LogP contribution in [0.15, 0.2) is 24.3 Å². The van der Waals surface area contributed by atoms with Gasteiger partial charge in [-0.15, -0.1) is 0 Å². The normalized spacial score (nSPS) is 19.4. The molecule has 0 atom stereocenters. The van der Waals surface area contributed by atoms with E-state index in [-0.39, 0.29) is 24.4 Å². The van der Waals surface area contributed by atoms with Crippen molar-refractivity contribution in [3.05, 3.63) is 34.9 Å². The van der Waals surface area contributed by atoms with Crippen molar-refractivity contribution in [2.45, 2.75) is 44.7 Å². The zero-order valence-corrected chi connectivity index (χ0v) is 15.0. The molecule has 3 rings (SSSR count). The Morgan fingerprint density at radius 1 is 1.20 bits per heavy atom. The van der Waals surface area contributed by atoms with Gasteiger partial charge in [0, 0.05) is 24.5 Å². The molecule has 0 unspecified atom stereocenters. The molecule has 0 radical (unpaired) electrons. The summed E-state index contributed by atoms with van der Waals surface area (Å²) in [4.78, 5) is 40.3. The van der Waals surface area contributed by atoms with Gasteiger partial charge in [0.15, 0.2) is 0 Å². The summed E-state index contributed by atoms with van der Waals surface area (Å²) in [5, 5.41) is 3.48. The summed E-state index contributed by atoms with van der Waals surface area (Å²) in [7, 11) is 0. The maximum atomic E-state index is 12.9. The molecule has 2 heterocycles. The highest BCUT2D eigenvalue weighted by Crippen LogP contribution is 2.30. The van der Waals surface area contributed by atoms with E-state index in [4.69, 9.17) is 11.6 Å². The van der Waals surface area contributed by atoms with Crippen LogP contribution in [0.5, 0.6) is 0 Å². The van der Waals surface area contributed by atoms with Crippen molar-refractivity contribution in [2.75, 3.05) is 13.1 Å². The molecule has 134 valence electrons. The summed E-state index contributed by atoms with van der Waals surface area (Å²) < 4.78 is 0. The molecule has 0 bridgehead atoms. The quantitative estimate of drug-likeness (QED) is 0.836. The Morgan fingerprint density at radius 3 is 2.44 bits per heavy atom. The van der Waals surface area contributed by atoms with Crippen LogP contribution in [0.25, 0.3) is 0 Å². The highest BCUT2D eigenvalue weighted by Gasteiger charge is 2.52. The number of amides is 4. The van der Waals surface area contributed by atoms with Crippen molar-refractivity contribution in [3.63, 3.8) is 0 Å². The second-order valence-electron chi connectivity index (χ2n) is 6.66. The molecule has 7 heteroatoms. The molecular formula is C18H22ClN3O3. The third-order valence-corrected chi connectivity index (χ3v) is 5.19. The molecule has 2 saturated heterocycles. The SMILES string of the molecule is CCCC(=O)N1CCC2(CC1)NC(=O)N(Cc1ccc(Cl)cc1)C2=O. The Labute approximate surface area is 152 Å². The minimum absolute atomic E-state index is 0.118. The number of hydrogen-bond acceptors (Lipinski definition) is 3. The van der Waals surface area contributed by atoms with E-state index in [9.17, 15) is 14.4 Å². The van der Waals surface area contributed by atoms with Crippen molar-refractivity contribution < 1.29 is 14.4 Å². The molecule has 1 N–H and O–H groups in total. The van der Waals surface area contributed by atoms with Gasteiger partial charge in [-0.2, -0.15) is 0 Å². The first kappa shape index (κ1) is 17.7. The largest absolute Gasteiger partial charge is 0.342 e. The van der Waals surface area contributed by atoms with Gasteiger partial charge in [-0.05, 0) is 37.0 Å². The summed E-state index contributed by atoms with van der Waals surface area (Å²) in [5.74, 6) is -0.0813. The monoisotopic (exact) mass is 363 g/mol. The van der Waals surface area contributed by atoms with E-state index >= 15 is 0 Å². The molecule has 0 aromatic heterocycles. The number of likely N-dealkylation sites (tertiary alicyclic amines) is 1. The van der Waals surface area contributed by atoms with Crippen LogP contribution >= 0.6 is 11.6 Å². The lowest BCUT2D eigenvalue weighted by Crippen LogP contribution is -2.55.